The molecule has 5 atom stereocenters. The van der Waals surface area contributed by atoms with Crippen molar-refractivity contribution in [1.82, 2.24) is 10.6 Å². The molecule has 1 aliphatic rings. The Balaban J connectivity index is 2.18. The van der Waals surface area contributed by atoms with Gasteiger partial charge in [0.05, 0.1) is 46.2 Å². The Morgan fingerprint density at radius 2 is 1.55 bits per heavy atom. The van der Waals surface area contributed by atoms with Gasteiger partial charge in [0.1, 0.15) is 31.0 Å². The summed E-state index contributed by atoms with van der Waals surface area (Å²) in [6, 6.07) is -0.983. The van der Waals surface area contributed by atoms with Gasteiger partial charge in [-0.15, -0.1) is 0 Å². The van der Waals surface area contributed by atoms with Gasteiger partial charge >= 0.3 is 0 Å². The summed E-state index contributed by atoms with van der Waals surface area (Å²) in [5, 5.41) is 34.2. The van der Waals surface area contributed by atoms with Gasteiger partial charge in [-0.1, -0.05) is 0 Å². The third-order valence-corrected chi connectivity index (χ3v) is 4.02. The first-order valence-corrected chi connectivity index (χ1v) is 9.35. The molecule has 1 rings (SSSR count). The van der Waals surface area contributed by atoms with Crippen molar-refractivity contribution in [2.45, 2.75) is 37.6 Å². The Kier molecular flexibility index (Phi) is 12.9. The molecule has 1 aliphatic heterocycles. The number of carbonyl (C=O) groups is 2. The summed E-state index contributed by atoms with van der Waals surface area (Å²) in [4.78, 5) is 22.2. The van der Waals surface area contributed by atoms with Crippen LogP contribution in [-0.2, 0) is 33.3 Å². The topological polar surface area (TPSA) is 165 Å². The number of hydrogen-bond donors (Lipinski definition) is 5. The number of nitrogens with one attached hydrogen (secondary N) is 2. The predicted molar refractivity (Wildman–Crippen MR) is 97.8 cm³/mol. The Morgan fingerprint density at radius 3 is 2.10 bits per heavy atom. The second-order valence-electron chi connectivity index (χ2n) is 6.25. The molecule has 0 aromatic heterocycles. The van der Waals surface area contributed by atoms with Crippen molar-refractivity contribution >= 4 is 11.8 Å². The van der Waals surface area contributed by atoms with E-state index < -0.39 is 43.2 Å². The molecule has 12 nitrogen and oxygen atoms in total. The van der Waals surface area contributed by atoms with E-state index in [1.54, 1.807) is 0 Å². The molecule has 0 aromatic rings. The lowest BCUT2D eigenvalue weighted by atomic mass is 9.97. The van der Waals surface area contributed by atoms with Crippen LogP contribution in [0.15, 0.2) is 0 Å². The lowest BCUT2D eigenvalue weighted by molar-refractivity contribution is -0.272. The van der Waals surface area contributed by atoms with Crippen LogP contribution in [-0.4, -0.2) is 118 Å². The van der Waals surface area contributed by atoms with E-state index in [0.717, 1.165) is 0 Å². The van der Waals surface area contributed by atoms with Crippen LogP contribution in [0.4, 0.5) is 0 Å². The molecule has 1 heterocycles. The Morgan fingerprint density at radius 1 is 0.966 bits per heavy atom. The number of rotatable bonds is 14. The van der Waals surface area contributed by atoms with E-state index in [9.17, 15) is 24.9 Å². The maximum absolute atomic E-state index is 11.3. The highest BCUT2D eigenvalue weighted by atomic mass is 16.7. The molecule has 0 unspecified atom stereocenters. The monoisotopic (exact) mass is 424 g/mol. The van der Waals surface area contributed by atoms with E-state index in [1.807, 2.05) is 0 Å². The summed E-state index contributed by atoms with van der Waals surface area (Å²) in [5.74, 6) is -0.628. The maximum Gasteiger partial charge on any atom is 0.245 e. The van der Waals surface area contributed by atoms with Gasteiger partial charge in [-0.3, -0.25) is 9.59 Å². The van der Waals surface area contributed by atoms with Crippen LogP contribution in [0.3, 0.4) is 0 Å². The van der Waals surface area contributed by atoms with E-state index in [0.29, 0.717) is 26.4 Å². The fourth-order valence-electron chi connectivity index (χ4n) is 2.51. The van der Waals surface area contributed by atoms with Crippen molar-refractivity contribution in [3.63, 3.8) is 0 Å². The zero-order valence-electron chi connectivity index (χ0n) is 16.7. The Hall–Kier alpha value is -1.38. The van der Waals surface area contributed by atoms with Crippen LogP contribution in [0.2, 0.25) is 0 Å². The van der Waals surface area contributed by atoms with Crippen molar-refractivity contribution in [1.29, 1.82) is 0 Å². The van der Waals surface area contributed by atoms with Gasteiger partial charge in [0.15, 0.2) is 6.29 Å². The molecule has 0 aromatic carbocycles. The lowest BCUT2D eigenvalue weighted by Gasteiger charge is -2.42. The molecule has 2 amide bonds. The normalized spacial score (nSPS) is 26.9. The van der Waals surface area contributed by atoms with Crippen LogP contribution in [0, 0.1) is 0 Å². The summed E-state index contributed by atoms with van der Waals surface area (Å²) in [5.41, 5.74) is 0. The first kappa shape index (κ1) is 25.7. The third-order valence-electron chi connectivity index (χ3n) is 4.02. The van der Waals surface area contributed by atoms with Crippen molar-refractivity contribution in [2.75, 3.05) is 59.9 Å². The van der Waals surface area contributed by atoms with E-state index in [4.69, 9.17) is 23.7 Å². The fraction of sp³-hybridized carbons (Fsp3) is 0.882. The molecule has 0 bridgehead atoms. The van der Waals surface area contributed by atoms with E-state index >= 15 is 0 Å². The molecule has 0 spiro atoms. The number of ether oxygens (including phenoxy) is 5. The highest BCUT2D eigenvalue weighted by Crippen LogP contribution is 2.22. The summed E-state index contributed by atoms with van der Waals surface area (Å²) in [6.45, 7) is 2.29. The van der Waals surface area contributed by atoms with Crippen molar-refractivity contribution in [3.05, 3.63) is 0 Å². The SMILES string of the molecule is CNC(=O)COCCOCCOCCO[C@@H]1O[C@H](CO)[C@H](O)[C@H](O)[C@H]1NC(C)=O. The average molecular weight is 424 g/mol. The highest BCUT2D eigenvalue weighted by molar-refractivity contribution is 5.76. The van der Waals surface area contributed by atoms with Gasteiger partial charge < -0.3 is 49.6 Å². The summed E-state index contributed by atoms with van der Waals surface area (Å²) < 4.78 is 26.6. The molecular weight excluding hydrogens is 392 g/mol. The Bertz CT molecular complexity index is 481. The molecule has 12 heteroatoms. The zero-order valence-corrected chi connectivity index (χ0v) is 16.7. The number of aliphatic hydroxyl groups excluding tert-OH is 3. The molecule has 1 saturated heterocycles. The molecule has 29 heavy (non-hydrogen) atoms. The summed E-state index contributed by atoms with van der Waals surface area (Å²) in [7, 11) is 1.53. The number of hydrogen-bond acceptors (Lipinski definition) is 10. The van der Waals surface area contributed by atoms with Gasteiger partial charge in [0.2, 0.25) is 11.8 Å². The molecule has 1 fully saturated rings. The summed E-state index contributed by atoms with van der Waals surface area (Å²) in [6.07, 6.45) is -4.79. The lowest BCUT2D eigenvalue weighted by Crippen LogP contribution is -2.64. The minimum Gasteiger partial charge on any atom is -0.394 e. The van der Waals surface area contributed by atoms with Gasteiger partial charge in [0.25, 0.3) is 0 Å². The number of likely N-dealkylation sites (N-methyl/N-ethyl adjacent to an activating group) is 1. The Labute approximate surface area is 169 Å². The van der Waals surface area contributed by atoms with Crippen LogP contribution in [0.1, 0.15) is 6.92 Å². The minimum absolute atomic E-state index is 0.0146. The van der Waals surface area contributed by atoms with Crippen molar-refractivity contribution < 1.29 is 48.6 Å². The van der Waals surface area contributed by atoms with Gasteiger partial charge in [-0.25, -0.2) is 0 Å². The van der Waals surface area contributed by atoms with Crippen LogP contribution in [0.25, 0.3) is 0 Å². The first-order chi connectivity index (χ1) is 13.9. The molecule has 5 N–H and O–H groups in total. The largest absolute Gasteiger partial charge is 0.394 e. The second kappa shape index (κ2) is 14.6. The van der Waals surface area contributed by atoms with Gasteiger partial charge in [-0.05, 0) is 0 Å². The molecule has 0 radical (unpaired) electrons. The predicted octanol–water partition coefficient (Wildman–Crippen LogP) is -3.26. The smallest absolute Gasteiger partial charge is 0.245 e. The molecule has 170 valence electrons. The third kappa shape index (κ3) is 9.78. The van der Waals surface area contributed by atoms with Crippen molar-refractivity contribution in [3.8, 4) is 0 Å². The van der Waals surface area contributed by atoms with E-state index in [-0.39, 0.29) is 25.7 Å². The maximum atomic E-state index is 11.3. The highest BCUT2D eigenvalue weighted by Gasteiger charge is 2.45. The quantitative estimate of drug-likeness (QED) is 0.179. The molecular formula is C17H32N2O10. The fourth-order valence-corrected chi connectivity index (χ4v) is 2.51. The van der Waals surface area contributed by atoms with Crippen LogP contribution < -0.4 is 10.6 Å². The van der Waals surface area contributed by atoms with Crippen LogP contribution >= 0.6 is 0 Å². The standard InChI is InChI=1S/C17H32N2O10/c1-11(21)19-14-16(24)15(23)12(9-20)29-17(14)28-8-7-26-4-3-25-5-6-27-10-13(22)18-2/h12,14-17,20,23-24H,3-10H2,1-2H3,(H,18,22)(H,19,21)/t12-,14-,15+,16-,17-/m1/s1. The van der Waals surface area contributed by atoms with Crippen LogP contribution in [0.5, 0.6) is 0 Å². The average Bonchev–Trinajstić information content (AvgIpc) is 2.70. The van der Waals surface area contributed by atoms with E-state index in [2.05, 4.69) is 10.6 Å². The van der Waals surface area contributed by atoms with Gasteiger partial charge in [-0.2, -0.15) is 0 Å². The minimum atomic E-state index is -1.36. The number of amides is 2. The molecule has 0 aliphatic carbocycles. The zero-order chi connectivity index (χ0) is 21.6. The first-order valence-electron chi connectivity index (χ1n) is 9.35. The van der Waals surface area contributed by atoms with Crippen molar-refractivity contribution in [2.24, 2.45) is 0 Å². The summed E-state index contributed by atoms with van der Waals surface area (Å²) >= 11 is 0. The number of carbonyl (C=O) groups excluding carboxylic acids is 2. The molecule has 0 saturated carbocycles. The van der Waals surface area contributed by atoms with E-state index in [1.165, 1.54) is 14.0 Å². The second-order valence-corrected chi connectivity index (χ2v) is 6.25. The number of aliphatic hydroxyl groups is 3. The van der Waals surface area contributed by atoms with Gasteiger partial charge in [0, 0.05) is 14.0 Å².